The lowest BCUT2D eigenvalue weighted by atomic mass is 9.75. The molecule has 28 heavy (non-hydrogen) atoms. The fraction of sp³-hybridized carbons (Fsp3) is 0.591. The van der Waals surface area contributed by atoms with Crippen molar-refractivity contribution in [3.8, 4) is 0 Å². The number of carbonyl (C=O) groups is 1. The average Bonchev–Trinajstić information content (AvgIpc) is 2.72. The first-order valence-corrected chi connectivity index (χ1v) is 12.0. The fourth-order valence-electron chi connectivity index (χ4n) is 4.54. The molecule has 1 aliphatic heterocycles. The molecule has 1 aromatic carbocycles. The summed E-state index contributed by atoms with van der Waals surface area (Å²) in [4.78, 5) is 14.8. The van der Waals surface area contributed by atoms with E-state index >= 15 is 0 Å². The second-order valence-corrected chi connectivity index (χ2v) is 9.81. The van der Waals surface area contributed by atoms with Crippen LogP contribution in [-0.2, 0) is 14.8 Å². The summed E-state index contributed by atoms with van der Waals surface area (Å²) in [6.07, 6.45) is 9.74. The summed E-state index contributed by atoms with van der Waals surface area (Å²) >= 11 is 0. The van der Waals surface area contributed by atoms with Gasteiger partial charge >= 0.3 is 0 Å². The monoisotopic (exact) mass is 404 g/mol. The number of likely N-dealkylation sites (tertiary alicyclic amines) is 1. The number of piperidine rings is 1. The number of rotatable bonds is 6. The van der Waals surface area contributed by atoms with E-state index in [1.807, 2.05) is 18.7 Å². The fourth-order valence-corrected chi connectivity index (χ4v) is 6.00. The minimum Gasteiger partial charge on any atom is -0.339 e. The van der Waals surface area contributed by atoms with Crippen molar-refractivity contribution in [3.63, 3.8) is 0 Å². The molecule has 1 aromatic rings. The number of benzene rings is 1. The largest absolute Gasteiger partial charge is 0.339 e. The molecule has 154 valence electrons. The van der Waals surface area contributed by atoms with Gasteiger partial charge in [0, 0.05) is 32.3 Å². The van der Waals surface area contributed by atoms with Gasteiger partial charge in [-0.05, 0) is 48.4 Å². The van der Waals surface area contributed by atoms with Crippen LogP contribution in [0.5, 0.6) is 0 Å². The van der Waals surface area contributed by atoms with Gasteiger partial charge in [0.15, 0.2) is 0 Å². The Hall–Kier alpha value is -1.66. The van der Waals surface area contributed by atoms with Gasteiger partial charge in [0.05, 0.1) is 4.90 Å². The SMILES string of the molecule is CCN(CC)S(=O)(=O)c1ccc(/C=C/C(=O)N2CC[C@H]3CCCC[C@H]3C2)cc1. The highest BCUT2D eigenvalue weighted by Gasteiger charge is 2.32. The summed E-state index contributed by atoms with van der Waals surface area (Å²) in [6.45, 7) is 6.30. The number of sulfonamides is 1. The summed E-state index contributed by atoms with van der Waals surface area (Å²) < 4.78 is 26.5. The first-order valence-electron chi connectivity index (χ1n) is 10.5. The second-order valence-electron chi connectivity index (χ2n) is 7.87. The highest BCUT2D eigenvalue weighted by molar-refractivity contribution is 7.89. The average molecular weight is 405 g/mol. The van der Waals surface area contributed by atoms with Crippen LogP contribution in [-0.4, -0.2) is 49.7 Å². The first-order chi connectivity index (χ1) is 13.5. The van der Waals surface area contributed by atoms with Crippen LogP contribution in [0.15, 0.2) is 35.2 Å². The Balaban J connectivity index is 1.62. The summed E-state index contributed by atoms with van der Waals surface area (Å²) in [5.74, 6) is 1.54. The van der Waals surface area contributed by atoms with Crippen LogP contribution >= 0.6 is 0 Å². The predicted octanol–water partition coefficient (Wildman–Crippen LogP) is 3.77. The molecule has 6 heteroatoms. The molecule has 0 spiro atoms. The molecule has 2 aliphatic rings. The predicted molar refractivity (Wildman–Crippen MR) is 112 cm³/mol. The quantitative estimate of drug-likeness (QED) is 0.678. The molecule has 1 heterocycles. The standard InChI is InChI=1S/C22H32N2O3S/c1-3-24(4-2)28(26,27)21-12-9-18(10-13-21)11-14-22(25)23-16-15-19-7-5-6-8-20(19)17-23/h9-14,19-20H,3-8,15-17H2,1-2H3/b14-11+/t19-,20+/m1/s1. The molecule has 0 aromatic heterocycles. The third-order valence-electron chi connectivity index (χ3n) is 6.24. The Bertz CT molecular complexity index is 798. The zero-order valence-electron chi connectivity index (χ0n) is 17.0. The van der Waals surface area contributed by atoms with Crippen LogP contribution in [0.1, 0.15) is 51.5 Å². The minimum absolute atomic E-state index is 0.0591. The van der Waals surface area contributed by atoms with E-state index in [0.29, 0.717) is 23.9 Å². The van der Waals surface area contributed by atoms with E-state index in [4.69, 9.17) is 0 Å². The Labute approximate surface area is 169 Å². The van der Waals surface area contributed by atoms with Crippen LogP contribution in [0.4, 0.5) is 0 Å². The van der Waals surface area contributed by atoms with Gasteiger partial charge in [-0.2, -0.15) is 4.31 Å². The van der Waals surface area contributed by atoms with Crippen LogP contribution in [0.25, 0.3) is 6.08 Å². The molecule has 2 fully saturated rings. The molecule has 1 aliphatic carbocycles. The minimum atomic E-state index is -3.44. The van der Waals surface area contributed by atoms with Gasteiger partial charge in [-0.3, -0.25) is 4.79 Å². The van der Waals surface area contributed by atoms with Crippen molar-refractivity contribution in [2.75, 3.05) is 26.2 Å². The Morgan fingerprint density at radius 2 is 1.71 bits per heavy atom. The maximum atomic E-state index is 12.6. The maximum Gasteiger partial charge on any atom is 0.246 e. The van der Waals surface area contributed by atoms with Crippen LogP contribution < -0.4 is 0 Å². The molecular weight excluding hydrogens is 372 g/mol. The first kappa shape index (κ1) is 21.1. The third kappa shape index (κ3) is 4.66. The van der Waals surface area contributed by atoms with Gasteiger partial charge in [-0.15, -0.1) is 0 Å². The Morgan fingerprint density at radius 3 is 2.36 bits per heavy atom. The van der Waals surface area contributed by atoms with E-state index in [1.165, 1.54) is 30.0 Å². The maximum absolute atomic E-state index is 12.6. The highest BCUT2D eigenvalue weighted by Crippen LogP contribution is 2.36. The zero-order chi connectivity index (χ0) is 20.1. The number of fused-ring (bicyclic) bond motifs is 1. The van der Waals surface area contributed by atoms with E-state index < -0.39 is 10.0 Å². The molecule has 5 nitrogen and oxygen atoms in total. The number of hydrogen-bond donors (Lipinski definition) is 0. The molecule has 1 saturated heterocycles. The van der Waals surface area contributed by atoms with Crippen molar-refractivity contribution in [3.05, 3.63) is 35.9 Å². The van der Waals surface area contributed by atoms with Gasteiger partial charge in [-0.1, -0.05) is 45.2 Å². The molecular formula is C22H32N2O3S. The van der Waals surface area contributed by atoms with Crippen molar-refractivity contribution >= 4 is 22.0 Å². The molecule has 1 saturated carbocycles. The molecule has 0 bridgehead atoms. The van der Waals surface area contributed by atoms with Crippen molar-refractivity contribution < 1.29 is 13.2 Å². The summed E-state index contributed by atoms with van der Waals surface area (Å²) in [5.41, 5.74) is 0.833. The normalized spacial score (nSPS) is 23.2. The van der Waals surface area contributed by atoms with E-state index in [0.717, 1.165) is 31.0 Å². The summed E-state index contributed by atoms with van der Waals surface area (Å²) in [5, 5.41) is 0. The highest BCUT2D eigenvalue weighted by atomic mass is 32.2. The number of hydrogen-bond acceptors (Lipinski definition) is 3. The van der Waals surface area contributed by atoms with Crippen LogP contribution in [0, 0.1) is 11.8 Å². The number of nitrogens with zero attached hydrogens (tertiary/aromatic N) is 2. The molecule has 0 N–H and O–H groups in total. The van der Waals surface area contributed by atoms with Gasteiger partial charge in [0.1, 0.15) is 0 Å². The lowest BCUT2D eigenvalue weighted by Crippen LogP contribution is -2.44. The Morgan fingerprint density at radius 1 is 1.07 bits per heavy atom. The molecule has 0 unspecified atom stereocenters. The van der Waals surface area contributed by atoms with Gasteiger partial charge in [0.25, 0.3) is 0 Å². The number of amides is 1. The van der Waals surface area contributed by atoms with E-state index in [1.54, 1.807) is 36.4 Å². The van der Waals surface area contributed by atoms with Gasteiger partial charge in [-0.25, -0.2) is 8.42 Å². The number of carbonyl (C=O) groups excluding carboxylic acids is 1. The van der Waals surface area contributed by atoms with Gasteiger partial charge < -0.3 is 4.90 Å². The molecule has 0 radical (unpaired) electrons. The van der Waals surface area contributed by atoms with Crippen LogP contribution in [0.2, 0.25) is 0 Å². The summed E-state index contributed by atoms with van der Waals surface area (Å²) in [6, 6.07) is 6.75. The zero-order valence-corrected chi connectivity index (χ0v) is 17.8. The molecule has 2 atom stereocenters. The van der Waals surface area contributed by atoms with E-state index in [9.17, 15) is 13.2 Å². The third-order valence-corrected chi connectivity index (χ3v) is 8.31. The molecule has 3 rings (SSSR count). The Kier molecular flexibility index (Phi) is 6.94. The smallest absolute Gasteiger partial charge is 0.246 e. The lowest BCUT2D eigenvalue weighted by molar-refractivity contribution is -0.128. The van der Waals surface area contributed by atoms with E-state index in [2.05, 4.69) is 0 Å². The van der Waals surface area contributed by atoms with Crippen molar-refractivity contribution in [1.82, 2.24) is 9.21 Å². The van der Waals surface area contributed by atoms with Crippen molar-refractivity contribution in [1.29, 1.82) is 0 Å². The lowest BCUT2D eigenvalue weighted by Gasteiger charge is -2.41. The molecule has 1 amide bonds. The second kappa shape index (κ2) is 9.23. The summed E-state index contributed by atoms with van der Waals surface area (Å²) in [7, 11) is -3.44. The van der Waals surface area contributed by atoms with Crippen LogP contribution in [0.3, 0.4) is 0 Å². The van der Waals surface area contributed by atoms with Crippen molar-refractivity contribution in [2.45, 2.75) is 50.8 Å². The van der Waals surface area contributed by atoms with E-state index in [-0.39, 0.29) is 5.91 Å². The topological polar surface area (TPSA) is 57.7 Å². The van der Waals surface area contributed by atoms with Gasteiger partial charge in [0.2, 0.25) is 15.9 Å². The van der Waals surface area contributed by atoms with Crippen molar-refractivity contribution in [2.24, 2.45) is 11.8 Å².